The van der Waals surface area contributed by atoms with Crippen molar-refractivity contribution in [3.8, 4) is 5.88 Å². The van der Waals surface area contributed by atoms with E-state index in [1.807, 2.05) is 0 Å². The zero-order chi connectivity index (χ0) is 12.4. The maximum atomic E-state index is 12.1. The number of carbonyl (C=O) groups excluding carboxylic acids is 1. The van der Waals surface area contributed by atoms with Gasteiger partial charge in [-0.3, -0.25) is 4.79 Å². The molecule has 1 aliphatic rings. The predicted octanol–water partition coefficient (Wildman–Crippen LogP) is 3.39. The molecule has 1 aliphatic carbocycles. The largest absolute Gasteiger partial charge is 0.480 e. The summed E-state index contributed by atoms with van der Waals surface area (Å²) in [7, 11) is 1.52. The Bertz CT molecular complexity index is 482. The fourth-order valence-electron chi connectivity index (χ4n) is 1.83. The van der Waals surface area contributed by atoms with Gasteiger partial charge in [-0.1, -0.05) is 12.5 Å². The molecule has 1 unspecified atom stereocenters. The highest BCUT2D eigenvalue weighted by Crippen LogP contribution is 2.33. The van der Waals surface area contributed by atoms with Crippen LogP contribution in [0.4, 0.5) is 0 Å². The predicted molar refractivity (Wildman–Crippen MR) is 69.3 cm³/mol. The van der Waals surface area contributed by atoms with Gasteiger partial charge < -0.3 is 4.74 Å². The molecule has 0 bridgehead atoms. The first-order chi connectivity index (χ1) is 8.11. The van der Waals surface area contributed by atoms with Crippen molar-refractivity contribution in [1.82, 2.24) is 4.98 Å². The van der Waals surface area contributed by atoms with E-state index in [1.165, 1.54) is 19.1 Å². The van der Waals surface area contributed by atoms with Crippen molar-refractivity contribution in [1.29, 1.82) is 0 Å². The van der Waals surface area contributed by atoms with E-state index >= 15 is 0 Å². The number of halogens is 1. The van der Waals surface area contributed by atoms with Crippen molar-refractivity contribution >= 4 is 21.7 Å². The van der Waals surface area contributed by atoms with Gasteiger partial charge in [0.1, 0.15) is 0 Å². The summed E-state index contributed by atoms with van der Waals surface area (Å²) in [5.41, 5.74) is 1.73. The van der Waals surface area contributed by atoms with Gasteiger partial charge in [-0.25, -0.2) is 4.98 Å². The highest BCUT2D eigenvalue weighted by atomic mass is 79.9. The van der Waals surface area contributed by atoms with E-state index in [4.69, 9.17) is 4.74 Å². The minimum Gasteiger partial charge on any atom is -0.480 e. The SMILES string of the molecule is COc1ncc(Br)cc1C(=O)/C=C1\CCC1C. The van der Waals surface area contributed by atoms with Crippen molar-refractivity contribution in [3.63, 3.8) is 0 Å². The second kappa shape index (κ2) is 5.00. The molecule has 0 aliphatic heterocycles. The molecule has 90 valence electrons. The topological polar surface area (TPSA) is 39.2 Å². The molecule has 1 aromatic heterocycles. The molecular weight excluding hydrogens is 282 g/mol. The van der Waals surface area contributed by atoms with Gasteiger partial charge in [-0.2, -0.15) is 0 Å². The van der Waals surface area contributed by atoms with Crippen LogP contribution < -0.4 is 4.74 Å². The molecule has 17 heavy (non-hydrogen) atoms. The lowest BCUT2D eigenvalue weighted by Gasteiger charge is -2.25. The molecule has 0 aromatic carbocycles. The number of pyridine rings is 1. The van der Waals surface area contributed by atoms with E-state index < -0.39 is 0 Å². The van der Waals surface area contributed by atoms with Crippen LogP contribution >= 0.6 is 15.9 Å². The molecule has 1 aromatic rings. The van der Waals surface area contributed by atoms with Crippen LogP contribution in [-0.4, -0.2) is 17.9 Å². The number of ether oxygens (including phenoxy) is 1. The van der Waals surface area contributed by atoms with Gasteiger partial charge in [0.25, 0.3) is 0 Å². The van der Waals surface area contributed by atoms with E-state index in [0.29, 0.717) is 17.4 Å². The number of hydrogen-bond donors (Lipinski definition) is 0. The van der Waals surface area contributed by atoms with Crippen LogP contribution in [-0.2, 0) is 0 Å². The first-order valence-corrected chi connectivity index (χ1v) is 6.35. The van der Waals surface area contributed by atoms with Crippen LogP contribution in [0.25, 0.3) is 0 Å². The number of ketones is 1. The first-order valence-electron chi connectivity index (χ1n) is 5.56. The molecule has 0 amide bonds. The van der Waals surface area contributed by atoms with Gasteiger partial charge in [-0.15, -0.1) is 0 Å². The number of carbonyl (C=O) groups is 1. The van der Waals surface area contributed by atoms with E-state index in [-0.39, 0.29) is 5.78 Å². The second-order valence-electron chi connectivity index (χ2n) is 4.23. The van der Waals surface area contributed by atoms with Crippen molar-refractivity contribution in [2.75, 3.05) is 7.11 Å². The van der Waals surface area contributed by atoms with Gasteiger partial charge in [0.15, 0.2) is 5.78 Å². The van der Waals surface area contributed by atoms with Crippen LogP contribution in [0.15, 0.2) is 28.4 Å². The van der Waals surface area contributed by atoms with E-state index in [9.17, 15) is 4.79 Å². The Kier molecular flexibility index (Phi) is 3.62. The smallest absolute Gasteiger partial charge is 0.224 e. The van der Waals surface area contributed by atoms with E-state index in [2.05, 4.69) is 27.8 Å². The monoisotopic (exact) mass is 295 g/mol. The summed E-state index contributed by atoms with van der Waals surface area (Å²) >= 11 is 3.31. The third-order valence-corrected chi connectivity index (χ3v) is 3.53. The van der Waals surface area contributed by atoms with Crippen molar-refractivity contribution in [2.24, 2.45) is 5.92 Å². The molecule has 1 saturated carbocycles. The zero-order valence-electron chi connectivity index (χ0n) is 9.87. The lowest BCUT2D eigenvalue weighted by atomic mass is 9.80. The van der Waals surface area contributed by atoms with Gasteiger partial charge >= 0.3 is 0 Å². The number of hydrogen-bond acceptors (Lipinski definition) is 3. The molecule has 0 saturated heterocycles. The molecule has 0 spiro atoms. The molecular formula is C13H14BrNO2. The molecule has 1 fully saturated rings. The van der Waals surface area contributed by atoms with Crippen molar-refractivity contribution < 1.29 is 9.53 Å². The summed E-state index contributed by atoms with van der Waals surface area (Å²) in [6.07, 6.45) is 5.54. The molecule has 4 heteroatoms. The fraction of sp³-hybridized carbons (Fsp3) is 0.385. The van der Waals surface area contributed by atoms with E-state index in [0.717, 1.165) is 10.9 Å². The number of aromatic nitrogens is 1. The third kappa shape index (κ3) is 2.57. The Balaban J connectivity index is 2.30. The Morgan fingerprint density at radius 2 is 2.41 bits per heavy atom. The maximum Gasteiger partial charge on any atom is 0.224 e. The highest BCUT2D eigenvalue weighted by Gasteiger charge is 2.21. The summed E-state index contributed by atoms with van der Waals surface area (Å²) in [5, 5.41) is 0. The Labute approximate surface area is 109 Å². The molecule has 2 rings (SSSR count). The summed E-state index contributed by atoms with van der Waals surface area (Å²) in [6, 6.07) is 1.74. The fourth-order valence-corrected chi connectivity index (χ4v) is 2.16. The Morgan fingerprint density at radius 3 is 2.94 bits per heavy atom. The summed E-state index contributed by atoms with van der Waals surface area (Å²) in [4.78, 5) is 16.2. The number of methoxy groups -OCH3 is 1. The average molecular weight is 296 g/mol. The quantitative estimate of drug-likeness (QED) is 0.634. The first kappa shape index (κ1) is 12.3. The summed E-state index contributed by atoms with van der Waals surface area (Å²) in [5.74, 6) is 0.879. The summed E-state index contributed by atoms with van der Waals surface area (Å²) < 4.78 is 5.88. The minimum atomic E-state index is -0.0304. The van der Waals surface area contributed by atoms with Crippen LogP contribution in [0.2, 0.25) is 0 Å². The average Bonchev–Trinajstić information content (AvgIpc) is 2.33. The van der Waals surface area contributed by atoms with Crippen molar-refractivity contribution in [2.45, 2.75) is 19.8 Å². The van der Waals surface area contributed by atoms with Gasteiger partial charge in [-0.05, 0) is 46.8 Å². The molecule has 3 nitrogen and oxygen atoms in total. The number of allylic oxidation sites excluding steroid dienone is 2. The van der Waals surface area contributed by atoms with E-state index in [1.54, 1.807) is 18.3 Å². The van der Waals surface area contributed by atoms with Crippen LogP contribution in [0.5, 0.6) is 5.88 Å². The van der Waals surface area contributed by atoms with Crippen molar-refractivity contribution in [3.05, 3.63) is 33.9 Å². The second-order valence-corrected chi connectivity index (χ2v) is 5.15. The number of rotatable bonds is 3. The maximum absolute atomic E-state index is 12.1. The van der Waals surface area contributed by atoms with Crippen LogP contribution in [0.3, 0.4) is 0 Å². The third-order valence-electron chi connectivity index (χ3n) is 3.09. The van der Waals surface area contributed by atoms with Gasteiger partial charge in [0.2, 0.25) is 5.88 Å². The normalized spacial score (nSPS) is 21.1. The van der Waals surface area contributed by atoms with Gasteiger partial charge in [0.05, 0.1) is 12.7 Å². The molecule has 0 radical (unpaired) electrons. The summed E-state index contributed by atoms with van der Waals surface area (Å²) in [6.45, 7) is 2.14. The lowest BCUT2D eigenvalue weighted by molar-refractivity contribution is 0.104. The Hall–Kier alpha value is -1.16. The molecule has 1 heterocycles. The Morgan fingerprint density at radius 1 is 1.65 bits per heavy atom. The molecule has 1 atom stereocenters. The zero-order valence-corrected chi connectivity index (χ0v) is 11.5. The lowest BCUT2D eigenvalue weighted by Crippen LogP contribution is -2.13. The van der Waals surface area contributed by atoms with Gasteiger partial charge in [0, 0.05) is 10.7 Å². The highest BCUT2D eigenvalue weighted by molar-refractivity contribution is 9.10. The molecule has 0 N–H and O–H groups in total. The number of nitrogens with zero attached hydrogens (tertiary/aromatic N) is 1. The van der Waals surface area contributed by atoms with Crippen LogP contribution in [0.1, 0.15) is 30.1 Å². The minimum absolute atomic E-state index is 0.0304. The standard InChI is InChI=1S/C13H14BrNO2/c1-8-3-4-9(8)5-12(16)11-6-10(14)7-15-13(11)17-2/h5-8H,3-4H2,1-2H3/b9-5+. The van der Waals surface area contributed by atoms with Crippen LogP contribution in [0, 0.1) is 5.92 Å².